The summed E-state index contributed by atoms with van der Waals surface area (Å²) in [5.41, 5.74) is 8.24. The Kier molecular flexibility index (Phi) is 3.36. The molecule has 0 saturated heterocycles. The molecule has 1 aliphatic rings. The lowest BCUT2D eigenvalue weighted by molar-refractivity contribution is 0.584. The number of aryl methyl sites for hydroxylation is 1. The number of hydrogen-bond acceptors (Lipinski definition) is 3. The molecule has 1 aromatic heterocycles. The van der Waals surface area contributed by atoms with Crippen molar-refractivity contribution in [1.82, 2.24) is 9.97 Å². The van der Waals surface area contributed by atoms with Crippen LogP contribution in [0.1, 0.15) is 69.0 Å². The molecule has 2 atom stereocenters. The number of nitrogen functional groups attached to an aromatic ring is 1. The zero-order valence-corrected chi connectivity index (χ0v) is 11.3. The predicted octanol–water partition coefficient (Wildman–Crippen LogP) is 3.39. The van der Waals surface area contributed by atoms with Gasteiger partial charge >= 0.3 is 0 Å². The van der Waals surface area contributed by atoms with Crippen LogP contribution in [-0.2, 0) is 0 Å². The molecule has 1 heterocycles. The molecule has 0 radical (unpaired) electrons. The first-order valence-electron chi connectivity index (χ1n) is 6.63. The minimum absolute atomic E-state index is 0.395. The Hall–Kier alpha value is -1.12. The molecule has 2 unspecified atom stereocenters. The largest absolute Gasteiger partial charge is 0.383 e. The quantitative estimate of drug-likeness (QED) is 0.851. The summed E-state index contributed by atoms with van der Waals surface area (Å²) in [6, 6.07) is 0. The lowest BCUT2D eigenvalue weighted by Gasteiger charge is -2.15. The average Bonchev–Trinajstić information content (AvgIpc) is 2.63. The highest BCUT2D eigenvalue weighted by molar-refractivity contribution is 5.44. The lowest BCUT2D eigenvalue weighted by atomic mass is 10.0. The van der Waals surface area contributed by atoms with Gasteiger partial charge in [-0.1, -0.05) is 20.8 Å². The zero-order chi connectivity index (χ0) is 12.6. The van der Waals surface area contributed by atoms with Crippen molar-refractivity contribution in [2.45, 2.75) is 58.8 Å². The van der Waals surface area contributed by atoms with Gasteiger partial charge in [0.15, 0.2) is 0 Å². The molecule has 1 aliphatic carbocycles. The van der Waals surface area contributed by atoms with E-state index in [0.29, 0.717) is 17.7 Å². The van der Waals surface area contributed by atoms with E-state index in [2.05, 4.69) is 37.7 Å². The average molecular weight is 233 g/mol. The maximum Gasteiger partial charge on any atom is 0.134 e. The van der Waals surface area contributed by atoms with Gasteiger partial charge < -0.3 is 5.73 Å². The first-order chi connectivity index (χ1) is 7.99. The predicted molar refractivity (Wildman–Crippen MR) is 71.0 cm³/mol. The van der Waals surface area contributed by atoms with Gasteiger partial charge in [-0.3, -0.25) is 0 Å². The summed E-state index contributed by atoms with van der Waals surface area (Å²) in [6.07, 6.45) is 3.71. The van der Waals surface area contributed by atoms with E-state index >= 15 is 0 Å². The van der Waals surface area contributed by atoms with Crippen LogP contribution in [0.5, 0.6) is 0 Å². The Balaban J connectivity index is 2.32. The fraction of sp³-hybridized carbons (Fsp3) is 0.714. The van der Waals surface area contributed by atoms with E-state index in [1.165, 1.54) is 19.3 Å². The molecule has 0 spiro atoms. The molecule has 0 amide bonds. The van der Waals surface area contributed by atoms with Crippen molar-refractivity contribution in [2.75, 3.05) is 5.73 Å². The second kappa shape index (κ2) is 4.63. The second-order valence-electron chi connectivity index (χ2n) is 5.74. The maximum absolute atomic E-state index is 6.07. The van der Waals surface area contributed by atoms with E-state index in [9.17, 15) is 0 Å². The Morgan fingerprint density at radius 1 is 1.24 bits per heavy atom. The molecule has 0 aromatic carbocycles. The molecule has 0 bridgehead atoms. The van der Waals surface area contributed by atoms with Crippen LogP contribution in [0.15, 0.2) is 0 Å². The zero-order valence-electron chi connectivity index (χ0n) is 11.3. The SMILES string of the molecule is Cc1nc(C2CCC(C)C2)nc(N)c1C(C)C. The summed E-state index contributed by atoms with van der Waals surface area (Å²) in [7, 11) is 0. The van der Waals surface area contributed by atoms with Crippen LogP contribution in [0.25, 0.3) is 0 Å². The van der Waals surface area contributed by atoms with E-state index in [0.717, 1.165) is 23.0 Å². The smallest absolute Gasteiger partial charge is 0.134 e. The second-order valence-corrected chi connectivity index (χ2v) is 5.74. The van der Waals surface area contributed by atoms with Crippen molar-refractivity contribution in [3.8, 4) is 0 Å². The van der Waals surface area contributed by atoms with Crippen LogP contribution < -0.4 is 5.73 Å². The van der Waals surface area contributed by atoms with Crippen LogP contribution in [-0.4, -0.2) is 9.97 Å². The van der Waals surface area contributed by atoms with Crippen molar-refractivity contribution in [1.29, 1.82) is 0 Å². The molecule has 94 valence electrons. The Morgan fingerprint density at radius 2 is 1.94 bits per heavy atom. The summed E-state index contributed by atoms with van der Waals surface area (Å²) in [5.74, 6) is 3.37. The van der Waals surface area contributed by atoms with E-state index in [4.69, 9.17) is 5.73 Å². The number of nitrogens with two attached hydrogens (primary N) is 1. The molecule has 3 heteroatoms. The van der Waals surface area contributed by atoms with Crippen molar-refractivity contribution >= 4 is 5.82 Å². The molecular weight excluding hydrogens is 210 g/mol. The summed E-state index contributed by atoms with van der Waals surface area (Å²) < 4.78 is 0. The molecule has 3 nitrogen and oxygen atoms in total. The fourth-order valence-corrected chi connectivity index (χ4v) is 2.96. The molecule has 2 rings (SSSR count). The van der Waals surface area contributed by atoms with Gasteiger partial charge in [0.2, 0.25) is 0 Å². The van der Waals surface area contributed by atoms with Gasteiger partial charge in [0.05, 0.1) is 0 Å². The van der Waals surface area contributed by atoms with Gasteiger partial charge in [0.25, 0.3) is 0 Å². The van der Waals surface area contributed by atoms with Gasteiger partial charge in [-0.05, 0) is 38.0 Å². The normalized spacial score (nSPS) is 24.5. The van der Waals surface area contributed by atoms with E-state index in [-0.39, 0.29) is 0 Å². The third-order valence-electron chi connectivity index (χ3n) is 3.82. The highest BCUT2D eigenvalue weighted by Crippen LogP contribution is 2.37. The number of hydrogen-bond donors (Lipinski definition) is 1. The summed E-state index contributed by atoms with van der Waals surface area (Å²) >= 11 is 0. The van der Waals surface area contributed by atoms with Crippen molar-refractivity contribution in [3.63, 3.8) is 0 Å². The molecular formula is C14H23N3. The number of anilines is 1. The van der Waals surface area contributed by atoms with E-state index < -0.39 is 0 Å². The highest BCUT2D eigenvalue weighted by Gasteiger charge is 2.26. The van der Waals surface area contributed by atoms with Gasteiger partial charge in [-0.2, -0.15) is 0 Å². The van der Waals surface area contributed by atoms with Crippen molar-refractivity contribution in [2.24, 2.45) is 5.92 Å². The summed E-state index contributed by atoms with van der Waals surface area (Å²) in [6.45, 7) is 8.63. The number of aromatic nitrogens is 2. The lowest BCUT2D eigenvalue weighted by Crippen LogP contribution is -2.10. The Morgan fingerprint density at radius 3 is 2.41 bits per heavy atom. The Labute approximate surface area is 104 Å². The van der Waals surface area contributed by atoms with Gasteiger partial charge in [-0.15, -0.1) is 0 Å². The molecule has 1 saturated carbocycles. The minimum Gasteiger partial charge on any atom is -0.383 e. The third-order valence-corrected chi connectivity index (χ3v) is 3.82. The third kappa shape index (κ3) is 2.43. The standard InChI is InChI=1S/C14H23N3/c1-8(2)12-10(4)16-14(17-13(12)15)11-6-5-9(3)7-11/h8-9,11H,5-7H2,1-4H3,(H2,15,16,17). The van der Waals surface area contributed by atoms with Crippen molar-refractivity contribution in [3.05, 3.63) is 17.1 Å². The van der Waals surface area contributed by atoms with Gasteiger partial charge in [-0.25, -0.2) is 9.97 Å². The van der Waals surface area contributed by atoms with E-state index in [1.807, 2.05) is 0 Å². The van der Waals surface area contributed by atoms with Crippen LogP contribution in [0, 0.1) is 12.8 Å². The van der Waals surface area contributed by atoms with Crippen molar-refractivity contribution < 1.29 is 0 Å². The van der Waals surface area contributed by atoms with Gasteiger partial charge in [0.1, 0.15) is 11.6 Å². The molecule has 1 fully saturated rings. The van der Waals surface area contributed by atoms with E-state index in [1.54, 1.807) is 0 Å². The summed E-state index contributed by atoms with van der Waals surface area (Å²) in [5, 5.41) is 0. The molecule has 1 aromatic rings. The molecule has 2 N–H and O–H groups in total. The highest BCUT2D eigenvalue weighted by atomic mass is 15.0. The van der Waals surface area contributed by atoms with Crippen LogP contribution in [0.4, 0.5) is 5.82 Å². The number of nitrogens with zero attached hydrogens (tertiary/aromatic N) is 2. The first kappa shape index (κ1) is 12.3. The van der Waals surface area contributed by atoms with Gasteiger partial charge in [0, 0.05) is 17.2 Å². The molecule has 0 aliphatic heterocycles. The number of rotatable bonds is 2. The topological polar surface area (TPSA) is 51.8 Å². The molecule has 17 heavy (non-hydrogen) atoms. The summed E-state index contributed by atoms with van der Waals surface area (Å²) in [4.78, 5) is 9.22. The van der Waals surface area contributed by atoms with Crippen LogP contribution in [0.3, 0.4) is 0 Å². The maximum atomic E-state index is 6.07. The minimum atomic E-state index is 0.395. The monoisotopic (exact) mass is 233 g/mol. The van der Waals surface area contributed by atoms with Crippen LogP contribution >= 0.6 is 0 Å². The Bertz CT molecular complexity index is 389. The fourth-order valence-electron chi connectivity index (χ4n) is 2.96. The van der Waals surface area contributed by atoms with Crippen LogP contribution in [0.2, 0.25) is 0 Å². The first-order valence-corrected chi connectivity index (χ1v) is 6.63.